The zero-order valence-electron chi connectivity index (χ0n) is 14.7. The first kappa shape index (κ1) is 20.0. The molecule has 1 aliphatic heterocycles. The average molecular weight is 452 g/mol. The molecule has 0 aromatic heterocycles. The van der Waals surface area contributed by atoms with Gasteiger partial charge in [0.15, 0.2) is 9.33 Å². The number of hydrogen-bond donors (Lipinski definition) is 2. The number of alkyl halides is 4. The number of rotatable bonds is 3. The quantitative estimate of drug-likeness (QED) is 0.390. The Morgan fingerprint density at radius 1 is 0.571 bits per heavy atom. The Labute approximate surface area is 184 Å². The lowest BCUT2D eigenvalue weighted by molar-refractivity contribution is 0.310. The minimum absolute atomic E-state index is 0.666. The molecule has 1 heterocycles. The summed E-state index contributed by atoms with van der Waals surface area (Å²) in [7, 11) is 0. The van der Waals surface area contributed by atoms with Crippen LogP contribution in [0.15, 0.2) is 91.0 Å². The van der Waals surface area contributed by atoms with E-state index in [4.69, 9.17) is 52.1 Å². The van der Waals surface area contributed by atoms with Crippen molar-refractivity contribution in [2.24, 2.45) is 5.73 Å². The first-order chi connectivity index (χ1) is 13.3. The van der Waals surface area contributed by atoms with Crippen LogP contribution in [0.25, 0.3) is 0 Å². The lowest BCUT2D eigenvalue weighted by Gasteiger charge is -2.43. The number of benzene rings is 3. The van der Waals surface area contributed by atoms with Gasteiger partial charge in [0, 0.05) is 0 Å². The molecule has 2 nitrogen and oxygen atoms in total. The average Bonchev–Trinajstić information content (AvgIpc) is 2.87. The Balaban J connectivity index is 2.03. The van der Waals surface area contributed by atoms with Gasteiger partial charge in [-0.1, -0.05) is 126 Å². The van der Waals surface area contributed by atoms with E-state index in [9.17, 15) is 0 Å². The van der Waals surface area contributed by atoms with Gasteiger partial charge in [-0.15, -0.1) is 11.6 Å². The lowest BCUT2D eigenvalue weighted by Crippen LogP contribution is -2.59. The molecule has 0 saturated carbocycles. The van der Waals surface area contributed by atoms with Crippen molar-refractivity contribution in [2.45, 2.75) is 19.9 Å². The Bertz CT molecular complexity index is 968. The van der Waals surface area contributed by atoms with Crippen molar-refractivity contribution in [3.63, 3.8) is 0 Å². The van der Waals surface area contributed by atoms with E-state index in [0.717, 1.165) is 5.56 Å². The number of nitrogens with one attached hydrogen (secondary N) is 1. The van der Waals surface area contributed by atoms with E-state index in [-0.39, 0.29) is 0 Å². The summed E-state index contributed by atoms with van der Waals surface area (Å²) < 4.78 is -1.71. The highest BCUT2D eigenvalue weighted by Crippen LogP contribution is 2.68. The molecule has 3 aromatic rings. The fraction of sp³-hybridized carbons (Fsp3) is 0.182. The summed E-state index contributed by atoms with van der Waals surface area (Å²) >= 11 is 28.5. The van der Waals surface area contributed by atoms with Gasteiger partial charge < -0.3 is 5.73 Å². The van der Waals surface area contributed by atoms with E-state index in [1.54, 1.807) is 0 Å². The third-order valence-electron chi connectivity index (χ3n) is 5.35. The van der Waals surface area contributed by atoms with Crippen LogP contribution >= 0.6 is 46.4 Å². The van der Waals surface area contributed by atoms with Crippen molar-refractivity contribution in [2.75, 3.05) is 0 Å². The Hall–Kier alpha value is -1.26. The standard InChI is InChI=1S/C22H18Cl4N2/c23-19(16-10-4-1-5-11-16)21(27,18-14-8-3-9-15-18)28-20(24,22(19,25)26)17-12-6-2-7-13-17/h1-15,28H,27H2. The van der Waals surface area contributed by atoms with Gasteiger partial charge in [0.05, 0.1) is 0 Å². The molecule has 3 unspecified atom stereocenters. The molecule has 0 spiro atoms. The van der Waals surface area contributed by atoms with E-state index in [1.165, 1.54) is 0 Å². The fourth-order valence-electron chi connectivity index (χ4n) is 3.89. The van der Waals surface area contributed by atoms with Crippen LogP contribution in [0.2, 0.25) is 0 Å². The zero-order chi connectivity index (χ0) is 20.0. The number of hydrogen-bond acceptors (Lipinski definition) is 2. The second-order valence-electron chi connectivity index (χ2n) is 6.92. The molecule has 0 radical (unpaired) electrons. The van der Waals surface area contributed by atoms with Gasteiger partial charge in [0.25, 0.3) is 0 Å². The van der Waals surface area contributed by atoms with Crippen molar-refractivity contribution >= 4 is 46.4 Å². The van der Waals surface area contributed by atoms with Crippen molar-refractivity contribution < 1.29 is 0 Å². The summed E-state index contributed by atoms with van der Waals surface area (Å²) in [6.07, 6.45) is 0. The Morgan fingerprint density at radius 3 is 1.43 bits per heavy atom. The normalized spacial score (nSPS) is 31.6. The zero-order valence-corrected chi connectivity index (χ0v) is 17.8. The maximum Gasteiger partial charge on any atom is 0.180 e. The SMILES string of the molecule is NC1(c2ccccc2)NC(Cl)(c2ccccc2)C(Cl)(Cl)C1(Cl)c1ccccc1. The smallest absolute Gasteiger partial charge is 0.180 e. The maximum absolute atomic E-state index is 7.33. The molecule has 1 fully saturated rings. The van der Waals surface area contributed by atoms with E-state index in [2.05, 4.69) is 5.32 Å². The predicted octanol–water partition coefficient (Wildman–Crippen LogP) is 5.80. The van der Waals surface area contributed by atoms with E-state index in [0.29, 0.717) is 11.1 Å². The predicted molar refractivity (Wildman–Crippen MR) is 118 cm³/mol. The fourth-order valence-corrected chi connectivity index (χ4v) is 5.61. The first-order valence-electron chi connectivity index (χ1n) is 8.78. The molecule has 1 aliphatic rings. The summed E-state index contributed by atoms with van der Waals surface area (Å²) in [4.78, 5) is -2.93. The summed E-state index contributed by atoms with van der Waals surface area (Å²) in [6, 6.07) is 28.1. The molecule has 3 atom stereocenters. The number of halogens is 4. The van der Waals surface area contributed by atoms with Gasteiger partial charge in [-0.2, -0.15) is 0 Å². The number of nitrogens with two attached hydrogens (primary N) is 1. The highest BCUT2D eigenvalue weighted by atomic mass is 35.5. The molecule has 28 heavy (non-hydrogen) atoms. The molecule has 1 saturated heterocycles. The molecule has 0 bridgehead atoms. The molecule has 6 heteroatoms. The minimum Gasteiger partial charge on any atom is -0.308 e. The first-order valence-corrected chi connectivity index (χ1v) is 10.3. The second-order valence-corrected chi connectivity index (χ2v) is 9.38. The molecule has 3 N–H and O–H groups in total. The summed E-state index contributed by atoms with van der Waals surface area (Å²) in [5.74, 6) is 0. The molecular weight excluding hydrogens is 434 g/mol. The summed E-state index contributed by atoms with van der Waals surface area (Å²) in [6.45, 7) is 0. The van der Waals surface area contributed by atoms with E-state index < -0.39 is 19.9 Å². The van der Waals surface area contributed by atoms with Crippen molar-refractivity contribution in [1.82, 2.24) is 5.32 Å². The third-order valence-corrected chi connectivity index (χ3v) is 8.27. The van der Waals surface area contributed by atoms with E-state index >= 15 is 0 Å². The van der Waals surface area contributed by atoms with Gasteiger partial charge in [-0.25, -0.2) is 0 Å². The summed E-state index contributed by atoms with van der Waals surface area (Å²) in [5.41, 5.74) is 7.68. The molecule has 0 amide bonds. The molecule has 144 valence electrons. The van der Waals surface area contributed by atoms with Gasteiger partial charge in [0.1, 0.15) is 10.5 Å². The Kier molecular flexibility index (Phi) is 4.95. The van der Waals surface area contributed by atoms with Gasteiger partial charge in [-0.05, 0) is 16.7 Å². The van der Waals surface area contributed by atoms with Crippen molar-refractivity contribution in [1.29, 1.82) is 0 Å². The van der Waals surface area contributed by atoms with Gasteiger partial charge in [0.2, 0.25) is 0 Å². The van der Waals surface area contributed by atoms with Crippen LogP contribution in [0, 0.1) is 0 Å². The monoisotopic (exact) mass is 450 g/mol. The highest BCUT2D eigenvalue weighted by molar-refractivity contribution is 6.58. The summed E-state index contributed by atoms with van der Waals surface area (Å²) in [5, 5.41) is 3.30. The van der Waals surface area contributed by atoms with Crippen LogP contribution in [0.3, 0.4) is 0 Å². The van der Waals surface area contributed by atoms with Crippen LogP contribution in [0.5, 0.6) is 0 Å². The topological polar surface area (TPSA) is 38.0 Å². The van der Waals surface area contributed by atoms with Gasteiger partial charge >= 0.3 is 0 Å². The molecule has 4 rings (SSSR count). The highest BCUT2D eigenvalue weighted by Gasteiger charge is 2.77. The van der Waals surface area contributed by atoms with Gasteiger partial charge in [-0.3, -0.25) is 5.32 Å². The van der Waals surface area contributed by atoms with Crippen LogP contribution in [-0.2, 0) is 15.5 Å². The minimum atomic E-state index is -1.71. The van der Waals surface area contributed by atoms with Crippen LogP contribution in [0.4, 0.5) is 0 Å². The van der Waals surface area contributed by atoms with Crippen LogP contribution in [-0.4, -0.2) is 4.33 Å². The largest absolute Gasteiger partial charge is 0.308 e. The second kappa shape index (κ2) is 6.91. The lowest BCUT2D eigenvalue weighted by atomic mass is 9.80. The molecule has 0 aliphatic carbocycles. The molecule has 3 aromatic carbocycles. The van der Waals surface area contributed by atoms with Crippen LogP contribution in [0.1, 0.15) is 16.7 Å². The van der Waals surface area contributed by atoms with Crippen molar-refractivity contribution in [3.8, 4) is 0 Å². The van der Waals surface area contributed by atoms with E-state index in [1.807, 2.05) is 91.0 Å². The Morgan fingerprint density at radius 2 is 0.964 bits per heavy atom. The third kappa shape index (κ3) is 2.56. The molecular formula is C22H18Cl4N2. The van der Waals surface area contributed by atoms with Crippen LogP contribution < -0.4 is 11.1 Å². The van der Waals surface area contributed by atoms with Crippen molar-refractivity contribution in [3.05, 3.63) is 108 Å². The maximum atomic E-state index is 7.33.